The third-order valence-electron chi connectivity index (χ3n) is 8.88. The molecule has 46 heavy (non-hydrogen) atoms. The highest BCUT2D eigenvalue weighted by atomic mass is 16.5. The number of fused-ring (bicyclic) bond motifs is 8. The number of aromatic nitrogens is 4. The minimum Gasteiger partial charge on any atom is -0.481 e. The molecule has 5 rings (SSSR count). The molecule has 5 N–H and O–H groups in total. The van der Waals surface area contributed by atoms with Gasteiger partial charge in [0, 0.05) is 46.0 Å². The number of aliphatic hydroxyl groups excluding tert-OH is 1. The van der Waals surface area contributed by atoms with Crippen LogP contribution in [-0.4, -0.2) is 60.4 Å². The van der Waals surface area contributed by atoms with Gasteiger partial charge in [0.25, 0.3) is 0 Å². The number of hydrogen-bond donors (Lipinski definition) is 5. The Bertz CT molecular complexity index is 1980. The Kier molecular flexibility index (Phi) is 9.41. The fraction of sp³-hybridized carbons (Fsp3) is 0.333. The van der Waals surface area contributed by atoms with E-state index in [1.807, 2.05) is 65.0 Å². The lowest BCUT2D eigenvalue weighted by molar-refractivity contribution is -0.137. The SMILES string of the molecule is C=Cc1c(C)c2cc3nc(cc4nc(cc5[nH]c(cc1[nH]2)c(C)c5C(C)OCCO)C(C)=C4CCC(=O)O)C(CCC(=O)O)=C3C. The molecule has 240 valence electrons. The summed E-state index contributed by atoms with van der Waals surface area (Å²) in [6.07, 6.45) is 1.92. The van der Waals surface area contributed by atoms with E-state index in [2.05, 4.69) is 16.5 Å². The zero-order valence-electron chi connectivity index (χ0n) is 26.9. The zero-order valence-corrected chi connectivity index (χ0v) is 26.9. The Morgan fingerprint density at radius 1 is 0.804 bits per heavy atom. The van der Waals surface area contributed by atoms with Crippen molar-refractivity contribution >= 4 is 62.4 Å². The second-order valence-electron chi connectivity index (χ2n) is 11.8. The number of ether oxygens (including phenoxy) is 1. The van der Waals surface area contributed by atoms with E-state index < -0.39 is 11.9 Å². The van der Waals surface area contributed by atoms with E-state index in [0.717, 1.165) is 66.6 Å². The summed E-state index contributed by atoms with van der Waals surface area (Å²) < 4.78 is 5.96. The number of carboxylic acids is 2. The maximum absolute atomic E-state index is 11.6. The van der Waals surface area contributed by atoms with Gasteiger partial charge in [-0.05, 0) is 105 Å². The lowest BCUT2D eigenvalue weighted by atomic mass is 9.98. The van der Waals surface area contributed by atoms with Crippen molar-refractivity contribution in [2.45, 2.75) is 66.4 Å². The van der Waals surface area contributed by atoms with Gasteiger partial charge in [0.2, 0.25) is 0 Å². The summed E-state index contributed by atoms with van der Waals surface area (Å²) in [4.78, 5) is 40.3. The van der Waals surface area contributed by atoms with Gasteiger partial charge in [-0.2, -0.15) is 0 Å². The fourth-order valence-corrected chi connectivity index (χ4v) is 6.34. The molecule has 10 heteroatoms. The van der Waals surface area contributed by atoms with Gasteiger partial charge >= 0.3 is 11.9 Å². The molecule has 3 aromatic heterocycles. The van der Waals surface area contributed by atoms with Gasteiger partial charge in [-0.15, -0.1) is 0 Å². The molecule has 2 aliphatic heterocycles. The van der Waals surface area contributed by atoms with Crippen molar-refractivity contribution in [3.8, 4) is 0 Å². The number of aryl methyl sites for hydroxylation is 2. The lowest BCUT2D eigenvalue weighted by Gasteiger charge is -2.13. The molecule has 0 radical (unpaired) electrons. The van der Waals surface area contributed by atoms with Crippen LogP contribution in [0.5, 0.6) is 0 Å². The van der Waals surface area contributed by atoms with Crippen molar-refractivity contribution in [2.75, 3.05) is 13.2 Å². The van der Waals surface area contributed by atoms with E-state index in [4.69, 9.17) is 14.7 Å². The number of aliphatic hydroxyl groups is 1. The topological polar surface area (TPSA) is 161 Å². The standard InChI is InChI=1S/C36H40N4O6/c1-7-23-18(2)26-14-27-19(3)24(8-10-34(42)43)31(38-27)17-32-25(9-11-35(44)45)20(4)28(39-32)16-33-36(22(6)46-13-12-41)21(5)29(40-33)15-30(23)37-26/h7,14-17,22,37,40-41H,1,8-13H2,2-6H3,(H,42,43)(H,44,45). The molecule has 2 aliphatic rings. The molecular formula is C36H40N4O6. The number of aromatic amines is 2. The molecule has 0 aromatic carbocycles. The molecule has 0 aliphatic carbocycles. The molecule has 0 saturated heterocycles. The Labute approximate surface area is 267 Å². The lowest BCUT2D eigenvalue weighted by Crippen LogP contribution is -2.05. The smallest absolute Gasteiger partial charge is 0.303 e. The van der Waals surface area contributed by atoms with Crippen LogP contribution in [0.3, 0.4) is 0 Å². The van der Waals surface area contributed by atoms with Crippen LogP contribution in [0.1, 0.15) is 97.6 Å². The predicted molar refractivity (Wildman–Crippen MR) is 181 cm³/mol. The Morgan fingerprint density at radius 3 is 1.85 bits per heavy atom. The molecule has 5 heterocycles. The highest BCUT2D eigenvalue weighted by Crippen LogP contribution is 2.38. The van der Waals surface area contributed by atoms with Crippen LogP contribution in [0, 0.1) is 13.8 Å². The van der Waals surface area contributed by atoms with E-state index in [0.29, 0.717) is 22.8 Å². The molecule has 1 unspecified atom stereocenters. The van der Waals surface area contributed by atoms with E-state index in [1.165, 1.54) is 0 Å². The van der Waals surface area contributed by atoms with Gasteiger partial charge in [0.05, 0.1) is 42.1 Å². The molecule has 0 fully saturated rings. The van der Waals surface area contributed by atoms with Gasteiger partial charge in [-0.1, -0.05) is 12.7 Å². The van der Waals surface area contributed by atoms with Crippen LogP contribution in [0.15, 0.2) is 30.8 Å². The Hall–Kier alpha value is -4.80. The van der Waals surface area contributed by atoms with Crippen LogP contribution in [0.2, 0.25) is 0 Å². The second kappa shape index (κ2) is 13.3. The maximum Gasteiger partial charge on any atom is 0.303 e. The van der Waals surface area contributed by atoms with E-state index in [-0.39, 0.29) is 45.0 Å². The van der Waals surface area contributed by atoms with Crippen molar-refractivity contribution in [3.05, 3.63) is 75.9 Å². The van der Waals surface area contributed by atoms with Crippen LogP contribution < -0.4 is 0 Å². The molecule has 1 atom stereocenters. The molecule has 0 saturated carbocycles. The minimum absolute atomic E-state index is 0.0555. The Balaban J connectivity index is 1.92. The summed E-state index contributed by atoms with van der Waals surface area (Å²) in [7, 11) is 0. The average molecular weight is 625 g/mol. The summed E-state index contributed by atoms with van der Waals surface area (Å²) in [6.45, 7) is 14.0. The number of rotatable bonds is 11. The van der Waals surface area contributed by atoms with E-state index in [9.17, 15) is 24.9 Å². The number of nitrogens with zero attached hydrogens (tertiary/aromatic N) is 2. The number of allylic oxidation sites excluding steroid dienone is 4. The first-order valence-electron chi connectivity index (χ1n) is 15.4. The second-order valence-corrected chi connectivity index (χ2v) is 11.8. The number of carbonyl (C=O) groups is 2. The molecule has 8 bridgehead atoms. The van der Waals surface area contributed by atoms with Gasteiger partial charge in [0.15, 0.2) is 0 Å². The number of hydrogen-bond acceptors (Lipinski definition) is 6. The summed E-state index contributed by atoms with van der Waals surface area (Å²) >= 11 is 0. The fourth-order valence-electron chi connectivity index (χ4n) is 6.34. The number of carboxylic acid groups (broad SMARTS) is 2. The first-order valence-corrected chi connectivity index (χ1v) is 15.4. The molecule has 10 nitrogen and oxygen atoms in total. The first-order chi connectivity index (χ1) is 21.9. The maximum atomic E-state index is 11.6. The normalized spacial score (nSPS) is 13.8. The van der Waals surface area contributed by atoms with Crippen molar-refractivity contribution < 1.29 is 29.6 Å². The van der Waals surface area contributed by atoms with Crippen LogP contribution in [-0.2, 0) is 14.3 Å². The summed E-state index contributed by atoms with van der Waals surface area (Å²) in [5.74, 6) is -1.81. The molecule has 3 aromatic rings. The van der Waals surface area contributed by atoms with E-state index >= 15 is 0 Å². The van der Waals surface area contributed by atoms with Gasteiger partial charge < -0.3 is 30.0 Å². The summed E-state index contributed by atoms with van der Waals surface area (Å²) in [5.41, 5.74) is 13.2. The Morgan fingerprint density at radius 2 is 1.33 bits per heavy atom. The van der Waals surface area contributed by atoms with Gasteiger partial charge in [0.1, 0.15) is 0 Å². The monoisotopic (exact) mass is 624 g/mol. The quantitative estimate of drug-likeness (QED) is 0.149. The number of aliphatic carboxylic acids is 2. The zero-order chi connectivity index (χ0) is 33.3. The number of H-pyrrole nitrogens is 2. The third kappa shape index (κ3) is 6.31. The average Bonchev–Trinajstić information content (AvgIpc) is 3.66. The summed E-state index contributed by atoms with van der Waals surface area (Å²) in [6, 6.07) is 7.82. The first kappa shape index (κ1) is 32.6. The van der Waals surface area contributed by atoms with Crippen molar-refractivity contribution in [2.24, 2.45) is 0 Å². The third-order valence-corrected chi connectivity index (χ3v) is 8.88. The molecule has 0 spiro atoms. The number of nitrogens with one attached hydrogen (secondary N) is 2. The van der Waals surface area contributed by atoms with Gasteiger partial charge in [-0.25, -0.2) is 9.97 Å². The van der Waals surface area contributed by atoms with Crippen LogP contribution >= 0.6 is 0 Å². The van der Waals surface area contributed by atoms with Crippen LogP contribution in [0.4, 0.5) is 0 Å². The highest BCUT2D eigenvalue weighted by molar-refractivity contribution is 5.96. The van der Waals surface area contributed by atoms with Crippen LogP contribution in [0.25, 0.3) is 50.4 Å². The largest absolute Gasteiger partial charge is 0.481 e. The van der Waals surface area contributed by atoms with Crippen molar-refractivity contribution in [1.82, 2.24) is 19.9 Å². The van der Waals surface area contributed by atoms with Gasteiger partial charge in [-0.3, -0.25) is 9.59 Å². The molecular weight excluding hydrogens is 584 g/mol. The minimum atomic E-state index is -0.909. The highest BCUT2D eigenvalue weighted by Gasteiger charge is 2.23. The molecule has 0 amide bonds. The predicted octanol–water partition coefficient (Wildman–Crippen LogP) is 7.24. The van der Waals surface area contributed by atoms with E-state index in [1.54, 1.807) is 0 Å². The van der Waals surface area contributed by atoms with Crippen molar-refractivity contribution in [1.29, 1.82) is 0 Å². The van der Waals surface area contributed by atoms with Crippen molar-refractivity contribution in [3.63, 3.8) is 0 Å². The summed E-state index contributed by atoms with van der Waals surface area (Å²) in [5, 5.41) is 28.5.